The molecule has 0 radical (unpaired) electrons. The molecular weight excluding hydrogens is 326 g/mol. The van der Waals surface area contributed by atoms with Gasteiger partial charge in [-0.1, -0.05) is 60.8 Å². The predicted molar refractivity (Wildman–Crippen MR) is 92.5 cm³/mol. The van der Waals surface area contributed by atoms with Crippen molar-refractivity contribution in [1.82, 2.24) is 5.32 Å². The molecule has 0 spiro atoms. The van der Waals surface area contributed by atoms with Crippen molar-refractivity contribution in [3.63, 3.8) is 0 Å². The van der Waals surface area contributed by atoms with E-state index >= 15 is 0 Å². The Morgan fingerprint density at radius 2 is 2.19 bits per heavy atom. The van der Waals surface area contributed by atoms with Crippen LogP contribution < -0.4 is 5.32 Å². The number of rotatable bonds is 7. The van der Waals surface area contributed by atoms with Crippen molar-refractivity contribution in [3.8, 4) is 0 Å². The largest absolute Gasteiger partial charge is 0.369 e. The van der Waals surface area contributed by atoms with Crippen LogP contribution >= 0.6 is 15.9 Å². The molecular formula is C18H28BrNO. The van der Waals surface area contributed by atoms with Crippen LogP contribution in [0.5, 0.6) is 0 Å². The summed E-state index contributed by atoms with van der Waals surface area (Å²) in [6.07, 6.45) is 6.15. The van der Waals surface area contributed by atoms with Crippen LogP contribution in [-0.4, -0.2) is 18.7 Å². The first-order chi connectivity index (χ1) is 10.2. The van der Waals surface area contributed by atoms with Gasteiger partial charge >= 0.3 is 0 Å². The molecule has 1 aliphatic carbocycles. The molecule has 0 amide bonds. The van der Waals surface area contributed by atoms with Crippen molar-refractivity contribution in [2.24, 2.45) is 5.92 Å². The van der Waals surface area contributed by atoms with E-state index in [0.717, 1.165) is 23.5 Å². The second-order valence-electron chi connectivity index (χ2n) is 6.44. The van der Waals surface area contributed by atoms with Crippen LogP contribution in [0.15, 0.2) is 28.7 Å². The summed E-state index contributed by atoms with van der Waals surface area (Å²) in [5, 5.41) is 3.58. The van der Waals surface area contributed by atoms with Crippen LogP contribution in [0.3, 0.4) is 0 Å². The summed E-state index contributed by atoms with van der Waals surface area (Å²) >= 11 is 3.62. The lowest BCUT2D eigenvalue weighted by atomic mass is 9.78. The summed E-state index contributed by atoms with van der Waals surface area (Å²) in [6.45, 7) is 7.33. The van der Waals surface area contributed by atoms with E-state index in [1.54, 1.807) is 0 Å². The van der Waals surface area contributed by atoms with Gasteiger partial charge < -0.3 is 10.1 Å². The smallest absolute Gasteiger partial charge is 0.0813 e. The van der Waals surface area contributed by atoms with Crippen LogP contribution in [0.4, 0.5) is 0 Å². The first-order valence-electron chi connectivity index (χ1n) is 8.23. The molecule has 118 valence electrons. The van der Waals surface area contributed by atoms with E-state index in [-0.39, 0.29) is 5.60 Å². The van der Waals surface area contributed by atoms with E-state index in [9.17, 15) is 0 Å². The van der Waals surface area contributed by atoms with Gasteiger partial charge in [0.2, 0.25) is 0 Å². The first-order valence-corrected chi connectivity index (χ1v) is 9.02. The van der Waals surface area contributed by atoms with Crippen molar-refractivity contribution in [2.75, 3.05) is 13.1 Å². The average molecular weight is 354 g/mol. The molecule has 0 aliphatic heterocycles. The minimum atomic E-state index is 0.0160. The predicted octanol–water partition coefficient (Wildman–Crippen LogP) is 4.91. The third kappa shape index (κ3) is 5.08. The number of benzene rings is 1. The van der Waals surface area contributed by atoms with Crippen molar-refractivity contribution in [1.29, 1.82) is 0 Å². The average Bonchev–Trinajstić information content (AvgIpc) is 2.47. The van der Waals surface area contributed by atoms with Gasteiger partial charge in [-0.15, -0.1) is 0 Å². The fraction of sp³-hybridized carbons (Fsp3) is 0.667. The fourth-order valence-corrected chi connectivity index (χ4v) is 3.69. The summed E-state index contributed by atoms with van der Waals surface area (Å²) < 4.78 is 7.61. The Bertz CT molecular complexity index is 437. The third-order valence-corrected chi connectivity index (χ3v) is 5.19. The molecule has 1 aromatic rings. The Hall–Kier alpha value is -0.380. The summed E-state index contributed by atoms with van der Waals surface area (Å²) in [7, 11) is 0. The van der Waals surface area contributed by atoms with Gasteiger partial charge in [-0.05, 0) is 43.4 Å². The SMILES string of the molecule is CCCNCC1(OCc2ccccc2Br)CCCC(C)C1. The zero-order chi connectivity index (χ0) is 15.1. The van der Waals surface area contributed by atoms with Crippen molar-refractivity contribution < 1.29 is 4.74 Å². The molecule has 2 rings (SSSR count). The molecule has 2 unspecified atom stereocenters. The lowest BCUT2D eigenvalue weighted by molar-refractivity contribution is -0.0890. The zero-order valence-corrected chi connectivity index (χ0v) is 14.9. The molecule has 2 nitrogen and oxygen atoms in total. The molecule has 1 saturated carbocycles. The second-order valence-corrected chi connectivity index (χ2v) is 7.30. The first kappa shape index (κ1) is 17.0. The molecule has 0 aromatic heterocycles. The van der Waals surface area contributed by atoms with E-state index < -0.39 is 0 Å². The number of halogens is 1. The van der Waals surface area contributed by atoms with E-state index in [2.05, 4.69) is 59.4 Å². The Kier molecular flexibility index (Phi) is 6.72. The minimum absolute atomic E-state index is 0.0160. The second kappa shape index (κ2) is 8.30. The quantitative estimate of drug-likeness (QED) is 0.702. The molecule has 1 aromatic carbocycles. The maximum atomic E-state index is 6.46. The van der Waals surface area contributed by atoms with Gasteiger partial charge in [-0.25, -0.2) is 0 Å². The van der Waals surface area contributed by atoms with E-state index in [0.29, 0.717) is 6.61 Å². The number of hydrogen-bond acceptors (Lipinski definition) is 2. The molecule has 1 aliphatic rings. The highest BCUT2D eigenvalue weighted by molar-refractivity contribution is 9.10. The van der Waals surface area contributed by atoms with Crippen LogP contribution in [-0.2, 0) is 11.3 Å². The number of ether oxygens (including phenoxy) is 1. The van der Waals surface area contributed by atoms with Gasteiger partial charge in [0.05, 0.1) is 12.2 Å². The van der Waals surface area contributed by atoms with Gasteiger partial charge in [0.1, 0.15) is 0 Å². The highest BCUT2D eigenvalue weighted by Gasteiger charge is 2.35. The van der Waals surface area contributed by atoms with Crippen molar-refractivity contribution >= 4 is 15.9 Å². The highest BCUT2D eigenvalue weighted by atomic mass is 79.9. The van der Waals surface area contributed by atoms with Crippen LogP contribution in [0, 0.1) is 5.92 Å². The Morgan fingerprint density at radius 3 is 2.90 bits per heavy atom. The van der Waals surface area contributed by atoms with E-state index in [1.807, 2.05) is 0 Å². The van der Waals surface area contributed by atoms with Gasteiger partial charge in [-0.3, -0.25) is 0 Å². The lowest BCUT2D eigenvalue weighted by Crippen LogP contribution is -2.46. The summed E-state index contributed by atoms with van der Waals surface area (Å²) in [5.74, 6) is 0.765. The molecule has 0 heterocycles. The molecule has 0 saturated heterocycles. The zero-order valence-electron chi connectivity index (χ0n) is 13.3. The molecule has 0 bridgehead atoms. The summed E-state index contributed by atoms with van der Waals surface area (Å²) in [6, 6.07) is 8.36. The lowest BCUT2D eigenvalue weighted by Gasteiger charge is -2.40. The van der Waals surface area contributed by atoms with Crippen LogP contribution in [0.1, 0.15) is 51.5 Å². The standard InChI is InChI=1S/C18H28BrNO/c1-3-11-20-14-18(10-6-7-15(2)12-18)21-13-16-8-4-5-9-17(16)19/h4-5,8-9,15,20H,3,6-7,10-14H2,1-2H3. The number of nitrogens with one attached hydrogen (secondary N) is 1. The van der Waals surface area contributed by atoms with Gasteiger partial charge in [0.15, 0.2) is 0 Å². The maximum Gasteiger partial charge on any atom is 0.0813 e. The third-order valence-electron chi connectivity index (χ3n) is 4.42. The summed E-state index contributed by atoms with van der Waals surface area (Å²) in [5.41, 5.74) is 1.26. The molecule has 2 atom stereocenters. The van der Waals surface area contributed by atoms with Crippen LogP contribution in [0.25, 0.3) is 0 Å². The summed E-state index contributed by atoms with van der Waals surface area (Å²) in [4.78, 5) is 0. The maximum absolute atomic E-state index is 6.46. The highest BCUT2D eigenvalue weighted by Crippen LogP contribution is 2.36. The normalized spacial score (nSPS) is 26.0. The Labute approximate surface area is 137 Å². The van der Waals surface area contributed by atoms with Gasteiger partial charge in [0.25, 0.3) is 0 Å². The molecule has 1 fully saturated rings. The van der Waals surface area contributed by atoms with Gasteiger partial charge in [0, 0.05) is 11.0 Å². The monoisotopic (exact) mass is 353 g/mol. The number of hydrogen-bond donors (Lipinski definition) is 1. The van der Waals surface area contributed by atoms with E-state index in [4.69, 9.17) is 4.74 Å². The Morgan fingerprint density at radius 1 is 1.38 bits per heavy atom. The Balaban J connectivity index is 2.00. The molecule has 1 N–H and O–H groups in total. The topological polar surface area (TPSA) is 21.3 Å². The van der Waals surface area contributed by atoms with Crippen molar-refractivity contribution in [2.45, 2.75) is 58.2 Å². The van der Waals surface area contributed by atoms with E-state index in [1.165, 1.54) is 37.7 Å². The van der Waals surface area contributed by atoms with Crippen molar-refractivity contribution in [3.05, 3.63) is 34.3 Å². The minimum Gasteiger partial charge on any atom is -0.369 e. The molecule has 3 heteroatoms. The van der Waals surface area contributed by atoms with Gasteiger partial charge in [-0.2, -0.15) is 0 Å². The molecule has 21 heavy (non-hydrogen) atoms. The fourth-order valence-electron chi connectivity index (χ4n) is 3.29. The van der Waals surface area contributed by atoms with Crippen LogP contribution in [0.2, 0.25) is 0 Å².